The molecule has 1 atom stereocenters. The van der Waals surface area contributed by atoms with Crippen molar-refractivity contribution in [2.45, 2.75) is 26.7 Å². The van der Waals surface area contributed by atoms with Gasteiger partial charge in [-0.3, -0.25) is 4.79 Å². The van der Waals surface area contributed by atoms with Crippen molar-refractivity contribution in [3.63, 3.8) is 0 Å². The lowest BCUT2D eigenvalue weighted by atomic mass is 10.00. The topological polar surface area (TPSA) is 26.3 Å². The fourth-order valence-electron chi connectivity index (χ4n) is 2.32. The molecular formula is C13H16O2. The third kappa shape index (κ3) is 1.65. The van der Waals surface area contributed by atoms with Gasteiger partial charge in [-0.15, -0.1) is 0 Å². The van der Waals surface area contributed by atoms with Gasteiger partial charge in [0.05, 0.1) is 13.0 Å². The van der Waals surface area contributed by atoms with Gasteiger partial charge in [0, 0.05) is 0 Å². The van der Waals surface area contributed by atoms with Crippen molar-refractivity contribution >= 4 is 5.97 Å². The Morgan fingerprint density at radius 1 is 1.33 bits per heavy atom. The first-order valence-corrected chi connectivity index (χ1v) is 5.29. The van der Waals surface area contributed by atoms with Crippen molar-refractivity contribution in [1.82, 2.24) is 0 Å². The molecule has 1 unspecified atom stereocenters. The van der Waals surface area contributed by atoms with Crippen LogP contribution in [-0.4, -0.2) is 13.1 Å². The molecule has 0 heterocycles. The van der Waals surface area contributed by atoms with Gasteiger partial charge in [-0.2, -0.15) is 0 Å². The van der Waals surface area contributed by atoms with Crippen molar-refractivity contribution in [3.05, 3.63) is 34.4 Å². The van der Waals surface area contributed by atoms with Gasteiger partial charge < -0.3 is 4.74 Å². The van der Waals surface area contributed by atoms with Gasteiger partial charge in [-0.05, 0) is 48.9 Å². The van der Waals surface area contributed by atoms with Gasteiger partial charge in [-0.1, -0.05) is 12.1 Å². The van der Waals surface area contributed by atoms with E-state index in [4.69, 9.17) is 4.74 Å². The number of carbonyl (C=O) groups excluding carboxylic acids is 1. The van der Waals surface area contributed by atoms with Crippen LogP contribution in [0.25, 0.3) is 0 Å². The Labute approximate surface area is 90.3 Å². The highest BCUT2D eigenvalue weighted by molar-refractivity contribution is 5.74. The van der Waals surface area contributed by atoms with Crippen LogP contribution in [0.2, 0.25) is 0 Å². The van der Waals surface area contributed by atoms with E-state index in [2.05, 4.69) is 26.0 Å². The standard InChI is InChI=1S/C13H16O2/c1-8-4-5-10-6-11(13(14)15-3)7-12(10)9(8)2/h4-5,11H,6-7H2,1-3H3. The molecule has 0 saturated heterocycles. The Bertz CT molecular complexity index is 407. The molecule has 0 fully saturated rings. The molecule has 2 rings (SSSR count). The lowest BCUT2D eigenvalue weighted by Gasteiger charge is -2.06. The summed E-state index contributed by atoms with van der Waals surface area (Å²) in [4.78, 5) is 11.5. The van der Waals surface area contributed by atoms with Crippen LogP contribution in [0.4, 0.5) is 0 Å². The quantitative estimate of drug-likeness (QED) is 0.655. The first kappa shape index (κ1) is 10.2. The van der Waals surface area contributed by atoms with Crippen LogP contribution in [0.15, 0.2) is 12.1 Å². The summed E-state index contributed by atoms with van der Waals surface area (Å²) in [5, 5.41) is 0. The minimum atomic E-state index is -0.0803. The highest BCUT2D eigenvalue weighted by Gasteiger charge is 2.29. The predicted octanol–water partition coefficient (Wildman–Crippen LogP) is 2.19. The number of rotatable bonds is 1. The lowest BCUT2D eigenvalue weighted by Crippen LogP contribution is -2.16. The molecule has 0 bridgehead atoms. The van der Waals surface area contributed by atoms with E-state index in [0.717, 1.165) is 12.8 Å². The van der Waals surface area contributed by atoms with Gasteiger partial charge in [-0.25, -0.2) is 0 Å². The summed E-state index contributed by atoms with van der Waals surface area (Å²) >= 11 is 0. The lowest BCUT2D eigenvalue weighted by molar-refractivity contribution is -0.145. The molecule has 15 heavy (non-hydrogen) atoms. The summed E-state index contributed by atoms with van der Waals surface area (Å²) in [5.74, 6) is -0.0475. The zero-order chi connectivity index (χ0) is 11.0. The van der Waals surface area contributed by atoms with Gasteiger partial charge >= 0.3 is 5.97 Å². The normalized spacial score (nSPS) is 18.7. The van der Waals surface area contributed by atoms with Crippen LogP contribution in [0.3, 0.4) is 0 Å². The second-order valence-corrected chi connectivity index (χ2v) is 4.27. The summed E-state index contributed by atoms with van der Waals surface area (Å²) in [6.45, 7) is 4.24. The van der Waals surface area contributed by atoms with E-state index < -0.39 is 0 Å². The van der Waals surface area contributed by atoms with Crippen molar-refractivity contribution in [2.75, 3.05) is 7.11 Å². The molecular weight excluding hydrogens is 188 g/mol. The Hall–Kier alpha value is -1.31. The van der Waals surface area contributed by atoms with E-state index in [1.807, 2.05) is 0 Å². The van der Waals surface area contributed by atoms with Crippen LogP contribution in [0, 0.1) is 19.8 Å². The third-order valence-corrected chi connectivity index (χ3v) is 3.42. The van der Waals surface area contributed by atoms with E-state index in [9.17, 15) is 4.79 Å². The van der Waals surface area contributed by atoms with Crippen LogP contribution in [0.1, 0.15) is 22.3 Å². The first-order valence-electron chi connectivity index (χ1n) is 5.29. The number of hydrogen-bond donors (Lipinski definition) is 0. The zero-order valence-electron chi connectivity index (χ0n) is 9.46. The van der Waals surface area contributed by atoms with E-state index in [1.54, 1.807) is 0 Å². The predicted molar refractivity (Wildman–Crippen MR) is 58.8 cm³/mol. The Morgan fingerprint density at radius 2 is 2.07 bits per heavy atom. The maximum atomic E-state index is 11.5. The number of ether oxygens (including phenoxy) is 1. The molecule has 0 aromatic heterocycles. The molecule has 1 aromatic rings. The fraction of sp³-hybridized carbons (Fsp3) is 0.462. The Balaban J connectivity index is 2.31. The number of benzene rings is 1. The first-order chi connectivity index (χ1) is 7.13. The number of hydrogen-bond acceptors (Lipinski definition) is 2. The van der Waals surface area contributed by atoms with Crippen molar-refractivity contribution in [3.8, 4) is 0 Å². The SMILES string of the molecule is COC(=O)C1Cc2ccc(C)c(C)c2C1. The number of fused-ring (bicyclic) bond motifs is 1. The molecule has 1 aromatic carbocycles. The average molecular weight is 204 g/mol. The van der Waals surface area contributed by atoms with Crippen LogP contribution >= 0.6 is 0 Å². The Kier molecular flexibility index (Phi) is 2.51. The molecule has 0 amide bonds. The van der Waals surface area contributed by atoms with Crippen LogP contribution in [-0.2, 0) is 22.4 Å². The number of aryl methyl sites for hydroxylation is 1. The molecule has 0 radical (unpaired) electrons. The summed E-state index contributed by atoms with van der Waals surface area (Å²) in [7, 11) is 1.46. The van der Waals surface area contributed by atoms with E-state index in [0.29, 0.717) is 0 Å². The molecule has 0 spiro atoms. The number of carbonyl (C=O) groups is 1. The molecule has 0 aliphatic heterocycles. The molecule has 80 valence electrons. The summed E-state index contributed by atoms with van der Waals surface area (Å²) < 4.78 is 4.80. The maximum absolute atomic E-state index is 11.5. The summed E-state index contributed by atoms with van der Waals surface area (Å²) in [6.07, 6.45) is 1.68. The average Bonchev–Trinajstić information content (AvgIpc) is 2.67. The van der Waals surface area contributed by atoms with Crippen molar-refractivity contribution in [1.29, 1.82) is 0 Å². The zero-order valence-corrected chi connectivity index (χ0v) is 9.46. The molecule has 2 heteroatoms. The largest absolute Gasteiger partial charge is 0.469 e. The molecule has 0 saturated carbocycles. The molecule has 2 nitrogen and oxygen atoms in total. The smallest absolute Gasteiger partial charge is 0.309 e. The van der Waals surface area contributed by atoms with Crippen LogP contribution in [0.5, 0.6) is 0 Å². The van der Waals surface area contributed by atoms with E-state index in [1.165, 1.54) is 29.4 Å². The van der Waals surface area contributed by atoms with Gasteiger partial charge in [0.25, 0.3) is 0 Å². The Morgan fingerprint density at radius 3 is 2.73 bits per heavy atom. The van der Waals surface area contributed by atoms with Crippen LogP contribution < -0.4 is 0 Å². The number of esters is 1. The molecule has 1 aliphatic rings. The van der Waals surface area contributed by atoms with Gasteiger partial charge in [0.2, 0.25) is 0 Å². The van der Waals surface area contributed by atoms with Gasteiger partial charge in [0.1, 0.15) is 0 Å². The van der Waals surface area contributed by atoms with E-state index in [-0.39, 0.29) is 11.9 Å². The molecule has 1 aliphatic carbocycles. The van der Waals surface area contributed by atoms with Crippen molar-refractivity contribution in [2.24, 2.45) is 5.92 Å². The number of methoxy groups -OCH3 is 1. The highest BCUT2D eigenvalue weighted by Crippen LogP contribution is 2.31. The second kappa shape index (κ2) is 3.69. The summed E-state index contributed by atoms with van der Waals surface area (Å²) in [6, 6.07) is 4.27. The monoisotopic (exact) mass is 204 g/mol. The minimum Gasteiger partial charge on any atom is -0.469 e. The second-order valence-electron chi connectivity index (χ2n) is 4.27. The summed E-state index contributed by atoms with van der Waals surface area (Å²) in [5.41, 5.74) is 5.30. The van der Waals surface area contributed by atoms with Gasteiger partial charge in [0.15, 0.2) is 0 Å². The highest BCUT2D eigenvalue weighted by atomic mass is 16.5. The fourth-order valence-corrected chi connectivity index (χ4v) is 2.32. The third-order valence-electron chi connectivity index (χ3n) is 3.42. The maximum Gasteiger partial charge on any atom is 0.309 e. The minimum absolute atomic E-state index is 0.0329. The molecule has 0 N–H and O–H groups in total. The van der Waals surface area contributed by atoms with E-state index >= 15 is 0 Å². The van der Waals surface area contributed by atoms with Crippen molar-refractivity contribution < 1.29 is 9.53 Å².